The number of hydrogen-bond acceptors (Lipinski definition) is 2. The van der Waals surface area contributed by atoms with Crippen LogP contribution in [-0.2, 0) is 0 Å². The SMILES string of the molecule is Clc1cc(Br)cnc1Sc1ccc2ccccc2c1. The van der Waals surface area contributed by atoms with Gasteiger partial charge in [-0.3, -0.25) is 0 Å². The average molecular weight is 351 g/mol. The summed E-state index contributed by atoms with van der Waals surface area (Å²) in [7, 11) is 0. The van der Waals surface area contributed by atoms with Crippen LogP contribution in [0.5, 0.6) is 0 Å². The third-order valence-corrected chi connectivity index (χ3v) is 4.55. The first-order valence-electron chi connectivity index (χ1n) is 5.70. The molecule has 19 heavy (non-hydrogen) atoms. The van der Waals surface area contributed by atoms with E-state index >= 15 is 0 Å². The van der Waals surface area contributed by atoms with Crippen LogP contribution in [0.4, 0.5) is 0 Å². The van der Waals surface area contributed by atoms with Gasteiger partial charge in [-0.05, 0) is 44.9 Å². The van der Waals surface area contributed by atoms with Crippen molar-refractivity contribution in [3.63, 3.8) is 0 Å². The first kappa shape index (κ1) is 13.0. The van der Waals surface area contributed by atoms with Gasteiger partial charge < -0.3 is 0 Å². The maximum atomic E-state index is 6.18. The monoisotopic (exact) mass is 349 g/mol. The van der Waals surface area contributed by atoms with Gasteiger partial charge in [-0.25, -0.2) is 4.98 Å². The molecule has 0 aliphatic heterocycles. The van der Waals surface area contributed by atoms with Crippen LogP contribution >= 0.6 is 39.3 Å². The molecule has 3 aromatic rings. The molecule has 2 aromatic carbocycles. The van der Waals surface area contributed by atoms with Crippen LogP contribution in [0.2, 0.25) is 5.02 Å². The minimum Gasteiger partial charge on any atom is -0.247 e. The second-order valence-electron chi connectivity index (χ2n) is 4.05. The standard InChI is InChI=1S/C15H9BrClNS/c16-12-8-14(17)15(18-9-12)19-13-6-5-10-3-1-2-4-11(10)7-13/h1-9H. The Morgan fingerprint density at radius 2 is 1.79 bits per heavy atom. The maximum Gasteiger partial charge on any atom is 0.119 e. The van der Waals surface area contributed by atoms with Crippen LogP contribution in [0.25, 0.3) is 10.8 Å². The van der Waals surface area contributed by atoms with E-state index in [-0.39, 0.29) is 0 Å². The Morgan fingerprint density at radius 1 is 1.00 bits per heavy atom. The summed E-state index contributed by atoms with van der Waals surface area (Å²) >= 11 is 11.1. The van der Waals surface area contributed by atoms with Crippen molar-refractivity contribution in [3.05, 3.63) is 64.2 Å². The zero-order valence-corrected chi connectivity index (χ0v) is 13.0. The highest BCUT2D eigenvalue weighted by molar-refractivity contribution is 9.10. The van der Waals surface area contributed by atoms with Crippen molar-refractivity contribution in [3.8, 4) is 0 Å². The molecule has 94 valence electrons. The Kier molecular flexibility index (Phi) is 3.78. The molecule has 0 spiro atoms. The van der Waals surface area contributed by atoms with E-state index in [1.807, 2.05) is 18.2 Å². The lowest BCUT2D eigenvalue weighted by Gasteiger charge is -2.05. The van der Waals surface area contributed by atoms with Gasteiger partial charge in [0.25, 0.3) is 0 Å². The van der Waals surface area contributed by atoms with Gasteiger partial charge >= 0.3 is 0 Å². The second-order valence-corrected chi connectivity index (χ2v) is 6.44. The van der Waals surface area contributed by atoms with Crippen molar-refractivity contribution in [2.75, 3.05) is 0 Å². The largest absolute Gasteiger partial charge is 0.247 e. The molecule has 0 fully saturated rings. The molecule has 0 N–H and O–H groups in total. The van der Waals surface area contributed by atoms with Gasteiger partial charge in [-0.15, -0.1) is 0 Å². The lowest BCUT2D eigenvalue weighted by Crippen LogP contribution is -1.82. The molecule has 0 aliphatic rings. The normalized spacial score (nSPS) is 10.8. The van der Waals surface area contributed by atoms with E-state index in [0.717, 1.165) is 14.4 Å². The average Bonchev–Trinajstić information content (AvgIpc) is 2.42. The molecule has 3 rings (SSSR count). The molecule has 1 heterocycles. The molecule has 0 saturated carbocycles. The predicted molar refractivity (Wildman–Crippen MR) is 85.0 cm³/mol. The lowest BCUT2D eigenvalue weighted by atomic mass is 10.1. The van der Waals surface area contributed by atoms with Crippen LogP contribution in [-0.4, -0.2) is 4.98 Å². The van der Waals surface area contributed by atoms with E-state index in [0.29, 0.717) is 5.02 Å². The maximum absolute atomic E-state index is 6.18. The molecular weight excluding hydrogens is 342 g/mol. The zero-order valence-electron chi connectivity index (χ0n) is 9.81. The number of benzene rings is 2. The topological polar surface area (TPSA) is 12.9 Å². The van der Waals surface area contributed by atoms with Crippen molar-refractivity contribution < 1.29 is 0 Å². The Morgan fingerprint density at radius 3 is 2.58 bits per heavy atom. The molecule has 1 nitrogen and oxygen atoms in total. The molecule has 4 heteroatoms. The highest BCUT2D eigenvalue weighted by atomic mass is 79.9. The smallest absolute Gasteiger partial charge is 0.119 e. The first-order valence-corrected chi connectivity index (χ1v) is 7.69. The second kappa shape index (κ2) is 5.53. The van der Waals surface area contributed by atoms with Gasteiger partial charge in [0.1, 0.15) is 5.03 Å². The fraction of sp³-hybridized carbons (Fsp3) is 0. The summed E-state index contributed by atoms with van der Waals surface area (Å²) in [5.41, 5.74) is 0. The molecule has 0 aliphatic carbocycles. The number of nitrogens with zero attached hydrogens (tertiary/aromatic N) is 1. The predicted octanol–water partition coefficient (Wildman–Crippen LogP) is 5.80. The van der Waals surface area contributed by atoms with Gasteiger partial charge in [-0.1, -0.05) is 53.7 Å². The zero-order chi connectivity index (χ0) is 13.2. The summed E-state index contributed by atoms with van der Waals surface area (Å²) in [6, 6.07) is 16.5. The van der Waals surface area contributed by atoms with Gasteiger partial charge in [0.15, 0.2) is 0 Å². The number of halogens is 2. The van der Waals surface area contributed by atoms with E-state index in [4.69, 9.17) is 11.6 Å². The van der Waals surface area contributed by atoms with E-state index in [1.165, 1.54) is 10.8 Å². The third kappa shape index (κ3) is 2.94. The van der Waals surface area contributed by atoms with E-state index < -0.39 is 0 Å². The number of pyridine rings is 1. The lowest BCUT2D eigenvalue weighted by molar-refractivity contribution is 1.12. The Labute approximate surface area is 129 Å². The van der Waals surface area contributed by atoms with E-state index in [2.05, 4.69) is 51.2 Å². The summed E-state index contributed by atoms with van der Waals surface area (Å²) < 4.78 is 0.889. The van der Waals surface area contributed by atoms with Crippen LogP contribution in [0, 0.1) is 0 Å². The van der Waals surface area contributed by atoms with E-state index in [9.17, 15) is 0 Å². The first-order chi connectivity index (χ1) is 9.22. The summed E-state index contributed by atoms with van der Waals surface area (Å²) in [6.45, 7) is 0. The minimum absolute atomic E-state index is 0.660. The molecule has 0 unspecified atom stereocenters. The fourth-order valence-corrected chi connectivity index (χ4v) is 3.37. The summed E-state index contributed by atoms with van der Waals surface area (Å²) in [4.78, 5) is 5.47. The molecule has 1 aromatic heterocycles. The van der Waals surface area contributed by atoms with Crippen molar-refractivity contribution in [1.82, 2.24) is 4.98 Å². The molecule has 0 atom stereocenters. The molecule has 0 amide bonds. The minimum atomic E-state index is 0.660. The highest BCUT2D eigenvalue weighted by Gasteiger charge is 2.05. The number of hydrogen-bond donors (Lipinski definition) is 0. The van der Waals surface area contributed by atoms with Crippen LogP contribution in [0.3, 0.4) is 0 Å². The van der Waals surface area contributed by atoms with Crippen molar-refractivity contribution >= 4 is 50.1 Å². The molecule has 0 saturated heterocycles. The number of aromatic nitrogens is 1. The van der Waals surface area contributed by atoms with Crippen LogP contribution < -0.4 is 0 Å². The van der Waals surface area contributed by atoms with Gasteiger partial charge in [-0.2, -0.15) is 0 Å². The van der Waals surface area contributed by atoms with Crippen LogP contribution in [0.1, 0.15) is 0 Å². The Hall–Kier alpha value is -1.03. The van der Waals surface area contributed by atoms with Crippen molar-refractivity contribution in [2.24, 2.45) is 0 Å². The van der Waals surface area contributed by atoms with E-state index in [1.54, 1.807) is 18.0 Å². The van der Waals surface area contributed by atoms with Crippen LogP contribution in [0.15, 0.2) is 69.1 Å². The Bertz CT molecular complexity index is 745. The molecule has 0 bridgehead atoms. The number of rotatable bonds is 2. The summed E-state index contributed by atoms with van der Waals surface area (Å²) in [5, 5.41) is 3.94. The summed E-state index contributed by atoms with van der Waals surface area (Å²) in [6.07, 6.45) is 1.76. The molecular formula is C15H9BrClNS. The van der Waals surface area contributed by atoms with Crippen molar-refractivity contribution in [1.29, 1.82) is 0 Å². The summed E-state index contributed by atoms with van der Waals surface area (Å²) in [5.74, 6) is 0. The van der Waals surface area contributed by atoms with Gasteiger partial charge in [0.2, 0.25) is 0 Å². The van der Waals surface area contributed by atoms with Crippen molar-refractivity contribution in [2.45, 2.75) is 9.92 Å². The Balaban J connectivity index is 1.96. The third-order valence-electron chi connectivity index (χ3n) is 2.71. The molecule has 0 radical (unpaired) electrons. The van der Waals surface area contributed by atoms with Gasteiger partial charge in [0.05, 0.1) is 5.02 Å². The fourth-order valence-electron chi connectivity index (χ4n) is 1.82. The number of fused-ring (bicyclic) bond motifs is 1. The highest BCUT2D eigenvalue weighted by Crippen LogP contribution is 2.34. The quantitative estimate of drug-likeness (QED) is 0.579. The van der Waals surface area contributed by atoms with Gasteiger partial charge in [0, 0.05) is 15.6 Å².